The van der Waals surface area contributed by atoms with E-state index >= 15 is 0 Å². The van der Waals surface area contributed by atoms with Gasteiger partial charge in [-0.25, -0.2) is 0 Å². The van der Waals surface area contributed by atoms with Crippen LogP contribution in [-0.2, 0) is 20.8 Å². The Kier molecular flexibility index (Phi) is 5.59. The van der Waals surface area contributed by atoms with Crippen LogP contribution in [0.15, 0.2) is 24.3 Å². The quantitative estimate of drug-likeness (QED) is 0.789. The Bertz CT molecular complexity index is 679. The summed E-state index contributed by atoms with van der Waals surface area (Å²) in [5.41, 5.74) is 1.00. The molecule has 2 aliphatic rings. The number of methoxy groups -OCH3 is 1. The van der Waals surface area contributed by atoms with E-state index in [0.717, 1.165) is 37.0 Å². The average Bonchev–Trinajstić information content (AvgIpc) is 2.92. The van der Waals surface area contributed by atoms with Crippen molar-refractivity contribution in [3.63, 3.8) is 0 Å². The second-order valence-corrected chi connectivity index (χ2v) is 7.07. The van der Waals surface area contributed by atoms with E-state index < -0.39 is 6.04 Å². The molecule has 1 saturated heterocycles. The Morgan fingerprint density at radius 3 is 2.42 bits per heavy atom. The summed E-state index contributed by atoms with van der Waals surface area (Å²) in [6, 6.07) is 6.88. The molecule has 3 amide bonds. The van der Waals surface area contributed by atoms with Crippen LogP contribution in [-0.4, -0.2) is 42.3 Å². The molecule has 140 valence electrons. The molecule has 2 fully saturated rings. The van der Waals surface area contributed by atoms with Crippen molar-refractivity contribution in [1.29, 1.82) is 0 Å². The van der Waals surface area contributed by atoms with Gasteiger partial charge < -0.3 is 10.1 Å². The Hall–Kier alpha value is -2.37. The van der Waals surface area contributed by atoms with Crippen LogP contribution >= 0.6 is 0 Å². The number of ether oxygens (including phenoxy) is 1. The molecule has 0 spiro atoms. The number of hydrogen-bond donors (Lipinski definition) is 1. The molecule has 0 bridgehead atoms. The lowest BCUT2D eigenvalue weighted by molar-refractivity contribution is -0.147. The third kappa shape index (κ3) is 3.45. The summed E-state index contributed by atoms with van der Waals surface area (Å²) < 4.78 is 5.30. The van der Waals surface area contributed by atoms with Crippen molar-refractivity contribution in [2.75, 3.05) is 13.7 Å². The molecule has 1 aliphatic carbocycles. The van der Waals surface area contributed by atoms with E-state index in [1.807, 2.05) is 24.3 Å². The van der Waals surface area contributed by atoms with Crippen LogP contribution in [0.4, 0.5) is 0 Å². The molecule has 3 rings (SSSR count). The molecule has 1 aliphatic heterocycles. The zero-order chi connectivity index (χ0) is 18.7. The summed E-state index contributed by atoms with van der Waals surface area (Å²) in [6.45, 7) is 2.05. The van der Waals surface area contributed by atoms with Gasteiger partial charge in [0.1, 0.15) is 11.8 Å². The summed E-state index contributed by atoms with van der Waals surface area (Å²) in [5, 5.41) is 2.84. The normalized spacial score (nSPS) is 23.5. The Labute approximate surface area is 153 Å². The molecule has 1 N–H and O–H groups in total. The minimum atomic E-state index is -0.765. The molecule has 6 heteroatoms. The van der Waals surface area contributed by atoms with Gasteiger partial charge in [-0.15, -0.1) is 0 Å². The minimum absolute atomic E-state index is 0.174. The topological polar surface area (TPSA) is 75.7 Å². The highest BCUT2D eigenvalue weighted by molar-refractivity contribution is 6.08. The number of amides is 3. The van der Waals surface area contributed by atoms with Crippen LogP contribution < -0.4 is 10.1 Å². The van der Waals surface area contributed by atoms with Crippen LogP contribution in [0.25, 0.3) is 0 Å². The number of carbonyl (C=O) groups excluding carboxylic acids is 3. The number of hydrogen-bond acceptors (Lipinski definition) is 4. The van der Waals surface area contributed by atoms with E-state index in [4.69, 9.17) is 4.74 Å². The van der Waals surface area contributed by atoms with Gasteiger partial charge in [0.05, 0.1) is 18.9 Å². The zero-order valence-corrected chi connectivity index (χ0v) is 15.4. The van der Waals surface area contributed by atoms with Gasteiger partial charge in [0.2, 0.25) is 17.7 Å². The summed E-state index contributed by atoms with van der Waals surface area (Å²) in [7, 11) is 1.61. The van der Waals surface area contributed by atoms with Crippen LogP contribution in [0.2, 0.25) is 0 Å². The van der Waals surface area contributed by atoms with Crippen molar-refractivity contribution in [3.05, 3.63) is 29.8 Å². The van der Waals surface area contributed by atoms with E-state index in [1.54, 1.807) is 14.0 Å². The van der Waals surface area contributed by atoms with Gasteiger partial charge in [-0.05, 0) is 37.8 Å². The molecule has 0 aromatic heterocycles. The maximum absolute atomic E-state index is 12.6. The SMILES string of the molecule is COc1ccccc1CCNC(=O)C(C)N1C(=O)C2CCCCC2C1=O. The number of carbonyl (C=O) groups is 3. The number of para-hydroxylation sites is 1. The monoisotopic (exact) mass is 358 g/mol. The van der Waals surface area contributed by atoms with Gasteiger partial charge in [-0.3, -0.25) is 19.3 Å². The molecular formula is C20H26N2O4. The number of nitrogens with zero attached hydrogens (tertiary/aromatic N) is 1. The largest absolute Gasteiger partial charge is 0.496 e. The predicted molar refractivity (Wildman–Crippen MR) is 96.5 cm³/mol. The lowest BCUT2D eigenvalue weighted by atomic mass is 9.81. The van der Waals surface area contributed by atoms with Crippen molar-refractivity contribution in [2.24, 2.45) is 11.8 Å². The van der Waals surface area contributed by atoms with Crippen molar-refractivity contribution >= 4 is 17.7 Å². The van der Waals surface area contributed by atoms with Gasteiger partial charge in [0.15, 0.2) is 0 Å². The molecular weight excluding hydrogens is 332 g/mol. The molecule has 26 heavy (non-hydrogen) atoms. The van der Waals surface area contributed by atoms with Crippen LogP contribution in [0.1, 0.15) is 38.2 Å². The highest BCUT2D eigenvalue weighted by Crippen LogP contribution is 2.38. The highest BCUT2D eigenvalue weighted by atomic mass is 16.5. The average molecular weight is 358 g/mol. The predicted octanol–water partition coefficient (Wildman–Crippen LogP) is 1.92. The van der Waals surface area contributed by atoms with Crippen LogP contribution in [0, 0.1) is 11.8 Å². The second kappa shape index (κ2) is 7.89. The van der Waals surface area contributed by atoms with Crippen LogP contribution in [0.3, 0.4) is 0 Å². The fourth-order valence-corrected chi connectivity index (χ4v) is 4.06. The molecule has 0 radical (unpaired) electrons. The van der Waals surface area contributed by atoms with Crippen molar-refractivity contribution < 1.29 is 19.1 Å². The molecule has 3 unspecified atom stereocenters. The number of rotatable bonds is 6. The van der Waals surface area contributed by atoms with Gasteiger partial charge in [-0.1, -0.05) is 31.0 Å². The summed E-state index contributed by atoms with van der Waals surface area (Å²) in [6.07, 6.45) is 4.10. The lowest BCUT2D eigenvalue weighted by Crippen LogP contribution is -2.48. The first kappa shape index (κ1) is 18.4. The van der Waals surface area contributed by atoms with E-state index in [-0.39, 0.29) is 29.6 Å². The molecule has 1 aromatic rings. The van der Waals surface area contributed by atoms with Gasteiger partial charge in [0.25, 0.3) is 0 Å². The first-order valence-corrected chi connectivity index (χ1v) is 9.31. The van der Waals surface area contributed by atoms with Gasteiger partial charge in [0, 0.05) is 6.54 Å². The number of benzene rings is 1. The standard InChI is InChI=1S/C20H26N2O4/c1-13(22-19(24)15-8-4-5-9-16(15)20(22)25)18(23)21-12-11-14-7-3-6-10-17(14)26-2/h3,6-7,10,13,15-16H,4-5,8-9,11-12H2,1-2H3,(H,21,23). The Balaban J connectivity index is 1.58. The van der Waals surface area contributed by atoms with E-state index in [0.29, 0.717) is 13.0 Å². The number of fused-ring (bicyclic) bond motifs is 1. The van der Waals surface area contributed by atoms with Gasteiger partial charge >= 0.3 is 0 Å². The first-order valence-electron chi connectivity index (χ1n) is 9.31. The Morgan fingerprint density at radius 2 is 1.81 bits per heavy atom. The molecule has 1 saturated carbocycles. The fraction of sp³-hybridized carbons (Fsp3) is 0.550. The maximum atomic E-state index is 12.6. The highest BCUT2D eigenvalue weighted by Gasteiger charge is 2.50. The summed E-state index contributed by atoms with van der Waals surface area (Å²) in [4.78, 5) is 38.8. The van der Waals surface area contributed by atoms with Crippen molar-refractivity contribution in [1.82, 2.24) is 10.2 Å². The lowest BCUT2D eigenvalue weighted by Gasteiger charge is -2.22. The third-order valence-corrected chi connectivity index (χ3v) is 5.53. The molecule has 1 heterocycles. The van der Waals surface area contributed by atoms with E-state index in [1.165, 1.54) is 4.90 Å². The first-order chi connectivity index (χ1) is 12.5. The summed E-state index contributed by atoms with van der Waals surface area (Å²) in [5.74, 6) is -0.302. The minimum Gasteiger partial charge on any atom is -0.496 e. The molecule has 6 nitrogen and oxygen atoms in total. The number of imide groups is 1. The van der Waals surface area contributed by atoms with Crippen molar-refractivity contribution in [2.45, 2.75) is 45.1 Å². The zero-order valence-electron chi connectivity index (χ0n) is 15.4. The number of likely N-dealkylation sites (tertiary alicyclic amines) is 1. The van der Waals surface area contributed by atoms with E-state index in [2.05, 4.69) is 5.32 Å². The fourth-order valence-electron chi connectivity index (χ4n) is 4.06. The van der Waals surface area contributed by atoms with E-state index in [9.17, 15) is 14.4 Å². The third-order valence-electron chi connectivity index (χ3n) is 5.53. The number of nitrogens with one attached hydrogen (secondary N) is 1. The maximum Gasteiger partial charge on any atom is 0.243 e. The molecule has 3 atom stereocenters. The second-order valence-electron chi connectivity index (χ2n) is 7.07. The Morgan fingerprint density at radius 1 is 1.19 bits per heavy atom. The van der Waals surface area contributed by atoms with Crippen molar-refractivity contribution in [3.8, 4) is 5.75 Å². The van der Waals surface area contributed by atoms with Crippen LogP contribution in [0.5, 0.6) is 5.75 Å². The smallest absolute Gasteiger partial charge is 0.243 e. The summed E-state index contributed by atoms with van der Waals surface area (Å²) >= 11 is 0. The van der Waals surface area contributed by atoms with Gasteiger partial charge in [-0.2, -0.15) is 0 Å². The molecule has 1 aromatic carbocycles.